The van der Waals surface area contributed by atoms with Gasteiger partial charge in [-0.2, -0.15) is 0 Å². The van der Waals surface area contributed by atoms with Crippen molar-refractivity contribution in [2.24, 2.45) is 17.8 Å². The SMILES string of the molecule is C=C[C@H]1[C@H](COCc2ccccc2)[C@H]1C(C)=O. The van der Waals surface area contributed by atoms with Crippen molar-refractivity contribution < 1.29 is 9.53 Å². The molecule has 90 valence electrons. The van der Waals surface area contributed by atoms with Gasteiger partial charge in [-0.15, -0.1) is 6.58 Å². The second-order valence-electron chi connectivity index (χ2n) is 4.61. The molecular weight excluding hydrogens is 212 g/mol. The number of ether oxygens (including phenoxy) is 1. The van der Waals surface area contributed by atoms with Gasteiger partial charge in [0.25, 0.3) is 0 Å². The molecule has 2 heteroatoms. The van der Waals surface area contributed by atoms with Crippen LogP contribution in [0.2, 0.25) is 0 Å². The summed E-state index contributed by atoms with van der Waals surface area (Å²) >= 11 is 0. The Bertz CT molecular complexity index is 397. The van der Waals surface area contributed by atoms with E-state index in [1.54, 1.807) is 6.92 Å². The van der Waals surface area contributed by atoms with Crippen LogP contribution in [0.5, 0.6) is 0 Å². The monoisotopic (exact) mass is 230 g/mol. The van der Waals surface area contributed by atoms with Gasteiger partial charge in [0.1, 0.15) is 5.78 Å². The highest BCUT2D eigenvalue weighted by Gasteiger charge is 2.50. The van der Waals surface area contributed by atoms with Crippen LogP contribution in [0.4, 0.5) is 0 Å². The number of carbonyl (C=O) groups excluding carboxylic acids is 1. The fourth-order valence-electron chi connectivity index (χ4n) is 2.40. The van der Waals surface area contributed by atoms with Crippen LogP contribution >= 0.6 is 0 Å². The van der Waals surface area contributed by atoms with Crippen molar-refractivity contribution in [1.29, 1.82) is 0 Å². The Balaban J connectivity index is 1.77. The average Bonchev–Trinajstić information content (AvgIpc) is 3.04. The molecule has 0 N–H and O–H groups in total. The maximum atomic E-state index is 11.3. The van der Waals surface area contributed by atoms with E-state index in [4.69, 9.17) is 4.74 Å². The molecule has 1 aliphatic carbocycles. The van der Waals surface area contributed by atoms with E-state index in [1.165, 1.54) is 5.56 Å². The molecule has 0 spiro atoms. The van der Waals surface area contributed by atoms with Crippen LogP contribution in [-0.4, -0.2) is 12.4 Å². The summed E-state index contributed by atoms with van der Waals surface area (Å²) in [6, 6.07) is 10.1. The Morgan fingerprint density at radius 3 is 2.65 bits per heavy atom. The molecule has 1 aromatic carbocycles. The highest BCUT2D eigenvalue weighted by atomic mass is 16.5. The highest BCUT2D eigenvalue weighted by Crippen LogP contribution is 2.47. The van der Waals surface area contributed by atoms with Crippen LogP contribution < -0.4 is 0 Å². The van der Waals surface area contributed by atoms with Crippen LogP contribution in [0, 0.1) is 17.8 Å². The number of carbonyl (C=O) groups is 1. The van der Waals surface area contributed by atoms with Crippen LogP contribution in [0.1, 0.15) is 12.5 Å². The summed E-state index contributed by atoms with van der Waals surface area (Å²) in [7, 11) is 0. The molecule has 1 fully saturated rings. The van der Waals surface area contributed by atoms with Gasteiger partial charge in [0, 0.05) is 5.92 Å². The van der Waals surface area contributed by atoms with Crippen LogP contribution in [0.15, 0.2) is 43.0 Å². The summed E-state index contributed by atoms with van der Waals surface area (Å²) in [5.74, 6) is 1.06. The van der Waals surface area contributed by atoms with E-state index in [2.05, 4.69) is 6.58 Å². The zero-order chi connectivity index (χ0) is 12.3. The number of allylic oxidation sites excluding steroid dienone is 1. The number of Topliss-reactive ketones (excluding diaryl/α,β-unsaturated/α-hetero) is 1. The third kappa shape index (κ3) is 2.83. The van der Waals surface area contributed by atoms with E-state index >= 15 is 0 Å². The number of ketones is 1. The summed E-state index contributed by atoms with van der Waals surface area (Å²) in [6.45, 7) is 6.68. The maximum absolute atomic E-state index is 11.3. The fraction of sp³-hybridized carbons (Fsp3) is 0.400. The molecule has 3 atom stereocenters. The van der Waals surface area contributed by atoms with Gasteiger partial charge < -0.3 is 4.74 Å². The molecule has 0 amide bonds. The summed E-state index contributed by atoms with van der Waals surface area (Å²) in [6.07, 6.45) is 1.88. The summed E-state index contributed by atoms with van der Waals surface area (Å²) in [5, 5.41) is 0. The Kier molecular flexibility index (Phi) is 3.75. The van der Waals surface area contributed by atoms with E-state index < -0.39 is 0 Å². The lowest BCUT2D eigenvalue weighted by atomic mass is 10.2. The minimum atomic E-state index is 0.142. The minimum Gasteiger partial charge on any atom is -0.376 e. The van der Waals surface area contributed by atoms with Crippen molar-refractivity contribution in [3.8, 4) is 0 Å². The molecule has 0 unspecified atom stereocenters. The van der Waals surface area contributed by atoms with Gasteiger partial charge in [0.15, 0.2) is 0 Å². The predicted molar refractivity (Wildman–Crippen MR) is 67.4 cm³/mol. The summed E-state index contributed by atoms with van der Waals surface area (Å²) in [4.78, 5) is 11.3. The first-order valence-corrected chi connectivity index (χ1v) is 5.98. The molecule has 1 aromatic rings. The predicted octanol–water partition coefficient (Wildman–Crippen LogP) is 2.84. The van der Waals surface area contributed by atoms with E-state index in [1.807, 2.05) is 36.4 Å². The van der Waals surface area contributed by atoms with Gasteiger partial charge in [-0.05, 0) is 24.3 Å². The lowest BCUT2D eigenvalue weighted by molar-refractivity contribution is -0.118. The molecule has 0 aromatic heterocycles. The number of benzene rings is 1. The minimum absolute atomic E-state index is 0.142. The van der Waals surface area contributed by atoms with E-state index in [-0.39, 0.29) is 11.7 Å². The molecule has 0 bridgehead atoms. The Morgan fingerprint density at radius 1 is 1.41 bits per heavy atom. The van der Waals surface area contributed by atoms with Gasteiger partial charge >= 0.3 is 0 Å². The van der Waals surface area contributed by atoms with Gasteiger partial charge in [-0.1, -0.05) is 36.4 Å². The van der Waals surface area contributed by atoms with Crippen LogP contribution in [0.25, 0.3) is 0 Å². The normalized spacial score (nSPS) is 26.5. The fourth-order valence-corrected chi connectivity index (χ4v) is 2.40. The Labute approximate surface area is 102 Å². The molecule has 17 heavy (non-hydrogen) atoms. The Morgan fingerprint density at radius 2 is 2.12 bits per heavy atom. The lowest BCUT2D eigenvalue weighted by Gasteiger charge is -2.03. The topological polar surface area (TPSA) is 26.3 Å². The quantitative estimate of drug-likeness (QED) is 0.702. The third-order valence-electron chi connectivity index (χ3n) is 3.39. The second-order valence-corrected chi connectivity index (χ2v) is 4.61. The first-order chi connectivity index (χ1) is 8.24. The van der Waals surface area contributed by atoms with Crippen molar-refractivity contribution in [1.82, 2.24) is 0 Å². The summed E-state index contributed by atoms with van der Waals surface area (Å²) in [5.41, 5.74) is 1.17. The van der Waals surface area contributed by atoms with Gasteiger partial charge in [0.2, 0.25) is 0 Å². The highest BCUT2D eigenvalue weighted by molar-refractivity contribution is 5.82. The molecule has 0 saturated heterocycles. The Hall–Kier alpha value is -1.41. The smallest absolute Gasteiger partial charge is 0.133 e. The summed E-state index contributed by atoms with van der Waals surface area (Å²) < 4.78 is 5.66. The molecule has 2 nitrogen and oxygen atoms in total. The van der Waals surface area contributed by atoms with Crippen molar-refractivity contribution >= 4 is 5.78 Å². The molecule has 0 aliphatic heterocycles. The molecule has 1 aliphatic rings. The molecule has 1 saturated carbocycles. The van der Waals surface area contributed by atoms with Gasteiger partial charge in [-0.25, -0.2) is 0 Å². The van der Waals surface area contributed by atoms with Crippen molar-refractivity contribution in [3.63, 3.8) is 0 Å². The van der Waals surface area contributed by atoms with Crippen molar-refractivity contribution in [2.45, 2.75) is 13.5 Å². The standard InChI is InChI=1S/C15H18O2/c1-3-13-14(15(13)11(2)16)10-17-9-12-7-5-4-6-8-12/h3-8,13-15H,1,9-10H2,2H3/t13-,14-,15-/m0/s1. The molecular formula is C15H18O2. The molecule has 2 rings (SSSR count). The second kappa shape index (κ2) is 5.28. The maximum Gasteiger partial charge on any atom is 0.133 e. The third-order valence-corrected chi connectivity index (χ3v) is 3.39. The zero-order valence-electron chi connectivity index (χ0n) is 10.1. The van der Waals surface area contributed by atoms with Crippen molar-refractivity contribution in [3.05, 3.63) is 48.6 Å². The average molecular weight is 230 g/mol. The van der Waals surface area contributed by atoms with Crippen molar-refractivity contribution in [2.75, 3.05) is 6.61 Å². The largest absolute Gasteiger partial charge is 0.376 e. The van der Waals surface area contributed by atoms with E-state index in [0.29, 0.717) is 25.0 Å². The zero-order valence-corrected chi connectivity index (χ0v) is 10.1. The van der Waals surface area contributed by atoms with Gasteiger partial charge in [0.05, 0.1) is 13.2 Å². The lowest BCUT2D eigenvalue weighted by Crippen LogP contribution is -2.02. The van der Waals surface area contributed by atoms with E-state index in [0.717, 1.165) is 0 Å². The first-order valence-electron chi connectivity index (χ1n) is 5.98. The molecule has 0 heterocycles. The number of hydrogen-bond donors (Lipinski definition) is 0. The number of hydrogen-bond acceptors (Lipinski definition) is 2. The van der Waals surface area contributed by atoms with Crippen LogP contribution in [0.3, 0.4) is 0 Å². The molecule has 0 radical (unpaired) electrons. The van der Waals surface area contributed by atoms with Gasteiger partial charge in [-0.3, -0.25) is 4.79 Å². The van der Waals surface area contributed by atoms with Crippen LogP contribution in [-0.2, 0) is 16.1 Å². The first kappa shape index (κ1) is 12.1. The van der Waals surface area contributed by atoms with E-state index in [9.17, 15) is 4.79 Å². The number of rotatable bonds is 6.